The summed E-state index contributed by atoms with van der Waals surface area (Å²) in [7, 11) is 0. The number of H-pyrrole nitrogens is 1. The molecule has 126 valence electrons. The van der Waals surface area contributed by atoms with E-state index < -0.39 is 0 Å². The Labute approximate surface area is 146 Å². The molecule has 10 nitrogen and oxygen atoms in total. The summed E-state index contributed by atoms with van der Waals surface area (Å²) in [6, 6.07) is 9.48. The number of fused-ring (bicyclic) bond motifs is 1. The first-order valence-corrected chi connectivity index (χ1v) is 7.72. The highest BCUT2D eigenvalue weighted by Crippen LogP contribution is 2.26. The van der Waals surface area contributed by atoms with Crippen molar-refractivity contribution >= 4 is 5.65 Å². The van der Waals surface area contributed by atoms with Crippen LogP contribution >= 0.6 is 0 Å². The van der Waals surface area contributed by atoms with Crippen LogP contribution in [-0.2, 0) is 0 Å². The van der Waals surface area contributed by atoms with Gasteiger partial charge in [-0.3, -0.25) is 4.57 Å². The summed E-state index contributed by atoms with van der Waals surface area (Å²) < 4.78 is 9.17. The summed E-state index contributed by atoms with van der Waals surface area (Å²) in [5.41, 5.74) is 2.52. The topological polar surface area (TPSA) is 112 Å². The summed E-state index contributed by atoms with van der Waals surface area (Å²) in [4.78, 5) is 8.87. The van der Waals surface area contributed by atoms with E-state index in [-0.39, 0.29) is 6.01 Å². The molecule has 1 aromatic carbocycles. The smallest absolute Gasteiger partial charge is 0.361 e. The van der Waals surface area contributed by atoms with Crippen LogP contribution in [0.2, 0.25) is 0 Å². The molecular formula is C16H11N9O. The van der Waals surface area contributed by atoms with Crippen molar-refractivity contribution in [3.63, 3.8) is 0 Å². The van der Waals surface area contributed by atoms with Gasteiger partial charge in [0.2, 0.25) is 0 Å². The van der Waals surface area contributed by atoms with Crippen molar-refractivity contribution in [2.24, 2.45) is 0 Å². The third kappa shape index (κ3) is 2.36. The number of aromatic nitrogens is 9. The van der Waals surface area contributed by atoms with Crippen molar-refractivity contribution in [1.82, 2.24) is 44.8 Å². The maximum Gasteiger partial charge on any atom is 0.361 e. The van der Waals surface area contributed by atoms with Crippen LogP contribution < -0.4 is 4.74 Å². The molecule has 0 radical (unpaired) electrons. The Kier molecular flexibility index (Phi) is 3.17. The number of aromatic amines is 1. The number of hydrogen-bond acceptors (Lipinski definition) is 7. The van der Waals surface area contributed by atoms with Crippen LogP contribution in [0.5, 0.6) is 11.8 Å². The molecule has 0 atom stereocenters. The monoisotopic (exact) mass is 345 g/mol. The van der Waals surface area contributed by atoms with Crippen LogP contribution in [0.15, 0.2) is 61.3 Å². The normalized spacial score (nSPS) is 11.1. The van der Waals surface area contributed by atoms with E-state index in [9.17, 15) is 0 Å². The second kappa shape index (κ2) is 5.77. The molecular weight excluding hydrogens is 334 g/mol. The predicted octanol–water partition coefficient (Wildman–Crippen LogP) is 1.89. The lowest BCUT2D eigenvalue weighted by Crippen LogP contribution is -1.97. The third-order valence-corrected chi connectivity index (χ3v) is 3.81. The van der Waals surface area contributed by atoms with E-state index in [1.165, 1.54) is 0 Å². The summed E-state index contributed by atoms with van der Waals surface area (Å²) in [5.74, 6) is 1.36. The van der Waals surface area contributed by atoms with Gasteiger partial charge in [0.25, 0.3) is 0 Å². The Morgan fingerprint density at radius 2 is 1.92 bits per heavy atom. The van der Waals surface area contributed by atoms with Gasteiger partial charge in [0.15, 0.2) is 5.65 Å². The molecule has 4 aromatic heterocycles. The molecule has 0 saturated carbocycles. The Balaban J connectivity index is 1.51. The van der Waals surface area contributed by atoms with E-state index in [2.05, 4.69) is 35.7 Å². The molecule has 0 bridgehead atoms. The molecule has 26 heavy (non-hydrogen) atoms. The Hall–Kier alpha value is -4.08. The van der Waals surface area contributed by atoms with Gasteiger partial charge < -0.3 is 4.74 Å². The third-order valence-electron chi connectivity index (χ3n) is 3.81. The number of imidazole rings is 1. The largest absolute Gasteiger partial charge is 0.422 e. The Bertz CT molecular complexity index is 1160. The van der Waals surface area contributed by atoms with Gasteiger partial charge in [0, 0.05) is 30.5 Å². The minimum Gasteiger partial charge on any atom is -0.422 e. The van der Waals surface area contributed by atoms with Crippen molar-refractivity contribution in [1.29, 1.82) is 0 Å². The van der Waals surface area contributed by atoms with Gasteiger partial charge in [-0.2, -0.15) is 10.3 Å². The fraction of sp³-hybridized carbons (Fsp3) is 0. The molecule has 0 amide bonds. The average molecular weight is 345 g/mol. The van der Waals surface area contributed by atoms with Crippen molar-refractivity contribution in [3.8, 4) is 28.8 Å². The Morgan fingerprint density at radius 3 is 2.77 bits per heavy atom. The van der Waals surface area contributed by atoms with Crippen molar-refractivity contribution in [2.45, 2.75) is 0 Å². The molecule has 0 aliphatic rings. The first kappa shape index (κ1) is 14.3. The maximum atomic E-state index is 5.49. The molecule has 0 aliphatic carbocycles. The molecule has 0 unspecified atom stereocenters. The first-order chi connectivity index (χ1) is 12.9. The number of rotatable bonds is 4. The van der Waals surface area contributed by atoms with Crippen molar-refractivity contribution in [3.05, 3.63) is 61.3 Å². The van der Waals surface area contributed by atoms with Gasteiger partial charge >= 0.3 is 6.01 Å². The van der Waals surface area contributed by atoms with Crippen LogP contribution in [0.3, 0.4) is 0 Å². The minimum absolute atomic E-state index is 0.165. The van der Waals surface area contributed by atoms with Gasteiger partial charge in [-0.15, -0.1) is 0 Å². The Morgan fingerprint density at radius 1 is 1.00 bits per heavy atom. The van der Waals surface area contributed by atoms with Gasteiger partial charge in [-0.1, -0.05) is 10.2 Å². The SMILES string of the molecule is c1cnc2c(-c3nccn3-c3ccc(Oc4nn[nH]n4)cc3)cnn2c1. The molecule has 0 aliphatic heterocycles. The highest BCUT2D eigenvalue weighted by Gasteiger charge is 2.14. The highest BCUT2D eigenvalue weighted by atomic mass is 16.5. The van der Waals surface area contributed by atoms with Crippen LogP contribution in [0, 0.1) is 0 Å². The highest BCUT2D eigenvalue weighted by molar-refractivity contribution is 5.73. The molecule has 10 heteroatoms. The lowest BCUT2D eigenvalue weighted by Gasteiger charge is -2.08. The van der Waals surface area contributed by atoms with Gasteiger partial charge in [0.1, 0.15) is 11.6 Å². The fourth-order valence-corrected chi connectivity index (χ4v) is 2.67. The first-order valence-electron chi connectivity index (χ1n) is 7.72. The van der Waals surface area contributed by atoms with Crippen LogP contribution in [0.1, 0.15) is 0 Å². The molecule has 5 rings (SSSR count). The van der Waals surface area contributed by atoms with E-state index in [0.29, 0.717) is 5.75 Å². The molecule has 5 aromatic rings. The molecule has 1 N–H and O–H groups in total. The number of nitrogens with zero attached hydrogens (tertiary/aromatic N) is 8. The zero-order valence-electron chi connectivity index (χ0n) is 13.3. The second-order valence-corrected chi connectivity index (χ2v) is 5.36. The molecule has 4 heterocycles. The lowest BCUT2D eigenvalue weighted by molar-refractivity contribution is 0.442. The standard InChI is InChI=1S/C16H11N9O/c1-6-17-15-13(10-19-25(15)8-1)14-18-7-9-24(14)11-2-4-12(5-3-11)26-16-20-22-23-21-16/h1-10H,(H,20,21,22,23). The molecule has 0 fully saturated rings. The number of benzene rings is 1. The van der Waals surface area contributed by atoms with Crippen molar-refractivity contribution in [2.75, 3.05) is 0 Å². The molecule has 0 spiro atoms. The van der Waals surface area contributed by atoms with Gasteiger partial charge in [-0.05, 0) is 35.5 Å². The zero-order chi connectivity index (χ0) is 17.3. The van der Waals surface area contributed by atoms with Crippen LogP contribution in [-0.4, -0.2) is 44.8 Å². The van der Waals surface area contributed by atoms with E-state index in [1.54, 1.807) is 23.1 Å². The average Bonchev–Trinajstić information content (AvgIpc) is 3.42. The van der Waals surface area contributed by atoms with Crippen molar-refractivity contribution < 1.29 is 4.74 Å². The number of tetrazole rings is 1. The fourth-order valence-electron chi connectivity index (χ4n) is 2.67. The lowest BCUT2D eigenvalue weighted by atomic mass is 10.2. The zero-order valence-corrected chi connectivity index (χ0v) is 13.3. The van der Waals surface area contributed by atoms with E-state index in [4.69, 9.17) is 4.74 Å². The maximum absolute atomic E-state index is 5.49. The van der Waals surface area contributed by atoms with Crippen LogP contribution in [0.25, 0.3) is 22.7 Å². The number of ether oxygens (including phenoxy) is 1. The summed E-state index contributed by atoms with van der Waals surface area (Å²) in [6.45, 7) is 0. The van der Waals surface area contributed by atoms with Crippen LogP contribution in [0.4, 0.5) is 0 Å². The second-order valence-electron chi connectivity index (χ2n) is 5.36. The van der Waals surface area contributed by atoms with E-state index >= 15 is 0 Å². The summed E-state index contributed by atoms with van der Waals surface area (Å²) >= 11 is 0. The van der Waals surface area contributed by atoms with Gasteiger partial charge in [-0.25, -0.2) is 14.5 Å². The number of hydrogen-bond donors (Lipinski definition) is 1. The number of nitrogens with one attached hydrogen (secondary N) is 1. The minimum atomic E-state index is 0.165. The van der Waals surface area contributed by atoms with E-state index in [0.717, 1.165) is 22.7 Å². The molecule has 0 saturated heterocycles. The van der Waals surface area contributed by atoms with Gasteiger partial charge in [0.05, 0.1) is 11.8 Å². The summed E-state index contributed by atoms with van der Waals surface area (Å²) in [5, 5.41) is 17.6. The predicted molar refractivity (Wildman–Crippen MR) is 89.8 cm³/mol. The van der Waals surface area contributed by atoms with E-state index in [1.807, 2.05) is 47.3 Å². The summed E-state index contributed by atoms with van der Waals surface area (Å²) in [6.07, 6.45) is 8.97. The quantitative estimate of drug-likeness (QED) is 0.529.